The van der Waals surface area contributed by atoms with E-state index in [0.717, 1.165) is 31.9 Å². The molecule has 0 unspecified atom stereocenters. The first-order chi connectivity index (χ1) is 8.62. The fraction of sp³-hybridized carbons (Fsp3) is 0.846. The van der Waals surface area contributed by atoms with Crippen LogP contribution >= 0.6 is 0 Å². The van der Waals surface area contributed by atoms with Gasteiger partial charge in [-0.15, -0.1) is 5.10 Å². The van der Waals surface area contributed by atoms with Gasteiger partial charge in [-0.25, -0.2) is 0 Å². The number of rotatable bonds is 6. The van der Waals surface area contributed by atoms with E-state index in [1.165, 1.54) is 19.4 Å². The molecule has 1 saturated heterocycles. The highest BCUT2D eigenvalue weighted by Gasteiger charge is 2.31. The zero-order chi connectivity index (χ0) is 13.0. The summed E-state index contributed by atoms with van der Waals surface area (Å²) < 4.78 is 1.96. The van der Waals surface area contributed by atoms with E-state index in [1.54, 1.807) is 0 Å². The summed E-state index contributed by atoms with van der Waals surface area (Å²) in [6.45, 7) is 11.8. The zero-order valence-electron chi connectivity index (χ0n) is 11.8. The van der Waals surface area contributed by atoms with E-state index in [2.05, 4.69) is 41.3 Å². The second-order valence-electron chi connectivity index (χ2n) is 5.66. The lowest BCUT2D eigenvalue weighted by Crippen LogP contribution is -2.40. The monoisotopic (exact) mass is 251 g/mol. The molecule has 0 bridgehead atoms. The van der Waals surface area contributed by atoms with Crippen LogP contribution in [-0.4, -0.2) is 45.1 Å². The number of hydrogen-bond donors (Lipinski definition) is 1. The maximum Gasteiger partial charge on any atom is 0.0964 e. The molecule has 1 aromatic heterocycles. The third-order valence-electron chi connectivity index (χ3n) is 3.81. The first-order valence-corrected chi connectivity index (χ1v) is 6.96. The summed E-state index contributed by atoms with van der Waals surface area (Å²) in [6, 6.07) is 0. The van der Waals surface area contributed by atoms with Gasteiger partial charge in [-0.2, -0.15) is 0 Å². The Balaban J connectivity index is 1.81. The first-order valence-electron chi connectivity index (χ1n) is 6.96. The Kier molecular flexibility index (Phi) is 4.35. The summed E-state index contributed by atoms with van der Waals surface area (Å²) in [5.41, 5.74) is 1.38. The van der Waals surface area contributed by atoms with Crippen LogP contribution in [0.25, 0.3) is 0 Å². The lowest BCUT2D eigenvalue weighted by atomic mass is 10.0. The standard InChI is InChI=1S/C13H25N5/c1-4-14-10-12-11-18(16-15-12)9-8-17-7-5-6-13(17,2)3/h11,14H,4-10H2,1-3H3. The molecule has 5 nitrogen and oxygen atoms in total. The van der Waals surface area contributed by atoms with Gasteiger partial charge in [0.1, 0.15) is 0 Å². The number of aromatic nitrogens is 3. The van der Waals surface area contributed by atoms with E-state index in [-0.39, 0.29) is 0 Å². The largest absolute Gasteiger partial charge is 0.311 e. The van der Waals surface area contributed by atoms with Crippen LogP contribution in [0.3, 0.4) is 0 Å². The predicted octanol–water partition coefficient (Wildman–Crippen LogP) is 1.26. The van der Waals surface area contributed by atoms with Crippen LogP contribution in [0.1, 0.15) is 39.3 Å². The lowest BCUT2D eigenvalue weighted by Gasteiger charge is -2.31. The summed E-state index contributed by atoms with van der Waals surface area (Å²) in [4.78, 5) is 2.55. The molecule has 5 heteroatoms. The van der Waals surface area contributed by atoms with Crippen molar-refractivity contribution in [3.8, 4) is 0 Å². The van der Waals surface area contributed by atoms with Crippen LogP contribution in [0.15, 0.2) is 6.20 Å². The molecule has 0 atom stereocenters. The van der Waals surface area contributed by atoms with Crippen molar-refractivity contribution in [1.82, 2.24) is 25.2 Å². The van der Waals surface area contributed by atoms with Crippen molar-refractivity contribution in [1.29, 1.82) is 0 Å². The molecule has 0 saturated carbocycles. The van der Waals surface area contributed by atoms with Crippen molar-refractivity contribution in [2.75, 3.05) is 19.6 Å². The minimum absolute atomic E-state index is 0.354. The van der Waals surface area contributed by atoms with Gasteiger partial charge in [0, 0.05) is 24.8 Å². The predicted molar refractivity (Wildman–Crippen MR) is 72.3 cm³/mol. The van der Waals surface area contributed by atoms with E-state index in [0.29, 0.717) is 5.54 Å². The maximum absolute atomic E-state index is 4.18. The van der Waals surface area contributed by atoms with Gasteiger partial charge >= 0.3 is 0 Å². The topological polar surface area (TPSA) is 46.0 Å². The Hall–Kier alpha value is -0.940. The first kappa shape index (κ1) is 13.5. The second-order valence-corrected chi connectivity index (χ2v) is 5.66. The van der Waals surface area contributed by atoms with Gasteiger partial charge in [-0.1, -0.05) is 12.1 Å². The van der Waals surface area contributed by atoms with Gasteiger partial charge in [0.05, 0.1) is 12.2 Å². The molecule has 18 heavy (non-hydrogen) atoms. The van der Waals surface area contributed by atoms with E-state index in [1.807, 2.05) is 10.9 Å². The van der Waals surface area contributed by atoms with Crippen LogP contribution in [-0.2, 0) is 13.1 Å². The highest BCUT2D eigenvalue weighted by molar-refractivity contribution is 4.92. The van der Waals surface area contributed by atoms with Crippen LogP contribution in [0.5, 0.6) is 0 Å². The number of likely N-dealkylation sites (tertiary alicyclic amines) is 1. The minimum Gasteiger partial charge on any atom is -0.311 e. The van der Waals surface area contributed by atoms with Crippen molar-refractivity contribution in [3.05, 3.63) is 11.9 Å². The third kappa shape index (κ3) is 3.29. The fourth-order valence-corrected chi connectivity index (χ4v) is 2.58. The quantitative estimate of drug-likeness (QED) is 0.827. The van der Waals surface area contributed by atoms with E-state index < -0.39 is 0 Å². The molecule has 1 aromatic rings. The van der Waals surface area contributed by atoms with E-state index in [4.69, 9.17) is 0 Å². The van der Waals surface area contributed by atoms with Crippen LogP contribution in [0.4, 0.5) is 0 Å². The van der Waals surface area contributed by atoms with Gasteiger partial charge in [0.25, 0.3) is 0 Å². The van der Waals surface area contributed by atoms with Crippen LogP contribution in [0, 0.1) is 0 Å². The summed E-state index contributed by atoms with van der Waals surface area (Å²) in [5, 5.41) is 11.6. The molecule has 102 valence electrons. The molecular formula is C13H25N5. The molecule has 0 spiro atoms. The Morgan fingerprint density at radius 2 is 2.22 bits per heavy atom. The van der Waals surface area contributed by atoms with Gasteiger partial charge in [-0.3, -0.25) is 9.58 Å². The molecule has 1 N–H and O–H groups in total. The summed E-state index contributed by atoms with van der Waals surface area (Å²) >= 11 is 0. The Morgan fingerprint density at radius 3 is 2.89 bits per heavy atom. The summed E-state index contributed by atoms with van der Waals surface area (Å²) in [5.74, 6) is 0. The van der Waals surface area contributed by atoms with Gasteiger partial charge in [0.15, 0.2) is 0 Å². The summed E-state index contributed by atoms with van der Waals surface area (Å²) in [6.07, 6.45) is 4.66. The highest BCUT2D eigenvalue weighted by atomic mass is 15.4. The molecule has 0 aliphatic carbocycles. The third-order valence-corrected chi connectivity index (χ3v) is 3.81. The molecule has 1 aliphatic rings. The maximum atomic E-state index is 4.18. The van der Waals surface area contributed by atoms with Crippen molar-refractivity contribution in [3.63, 3.8) is 0 Å². The molecule has 2 rings (SSSR count). The van der Waals surface area contributed by atoms with Gasteiger partial charge < -0.3 is 5.32 Å². The van der Waals surface area contributed by atoms with Crippen molar-refractivity contribution in [2.24, 2.45) is 0 Å². The van der Waals surface area contributed by atoms with Gasteiger partial charge in [0.2, 0.25) is 0 Å². The molecule has 0 aromatic carbocycles. The molecule has 2 heterocycles. The van der Waals surface area contributed by atoms with Crippen molar-refractivity contribution >= 4 is 0 Å². The Morgan fingerprint density at radius 1 is 1.39 bits per heavy atom. The molecule has 1 aliphatic heterocycles. The van der Waals surface area contributed by atoms with Crippen molar-refractivity contribution in [2.45, 2.75) is 52.2 Å². The zero-order valence-corrected chi connectivity index (χ0v) is 11.8. The average Bonchev–Trinajstić information content (AvgIpc) is 2.90. The van der Waals surface area contributed by atoms with E-state index >= 15 is 0 Å². The van der Waals surface area contributed by atoms with Gasteiger partial charge in [-0.05, 0) is 39.8 Å². The smallest absolute Gasteiger partial charge is 0.0964 e. The molecule has 1 fully saturated rings. The van der Waals surface area contributed by atoms with Crippen LogP contribution in [0.2, 0.25) is 0 Å². The van der Waals surface area contributed by atoms with Crippen LogP contribution < -0.4 is 5.32 Å². The number of hydrogen-bond acceptors (Lipinski definition) is 4. The average molecular weight is 251 g/mol. The summed E-state index contributed by atoms with van der Waals surface area (Å²) in [7, 11) is 0. The SMILES string of the molecule is CCNCc1cn(CCN2CCCC2(C)C)nn1. The number of nitrogens with zero attached hydrogens (tertiary/aromatic N) is 4. The Labute approximate surface area is 110 Å². The molecule has 0 amide bonds. The van der Waals surface area contributed by atoms with E-state index in [9.17, 15) is 0 Å². The molecule has 0 radical (unpaired) electrons. The molecular weight excluding hydrogens is 226 g/mol. The Bertz CT molecular complexity index is 371. The van der Waals surface area contributed by atoms with Crippen molar-refractivity contribution < 1.29 is 0 Å². The normalized spacial score (nSPS) is 19.5. The highest BCUT2D eigenvalue weighted by Crippen LogP contribution is 2.27. The second kappa shape index (κ2) is 5.80. The fourth-order valence-electron chi connectivity index (χ4n) is 2.58. The lowest BCUT2D eigenvalue weighted by molar-refractivity contribution is 0.166. The number of nitrogens with one attached hydrogen (secondary N) is 1. The minimum atomic E-state index is 0.354.